The average molecular weight is 433 g/mol. The van der Waals surface area contributed by atoms with Gasteiger partial charge >= 0.3 is 5.97 Å². The molecule has 2 aromatic carbocycles. The lowest BCUT2D eigenvalue weighted by Crippen LogP contribution is -2.12. The molecule has 6 nitrogen and oxygen atoms in total. The van der Waals surface area contributed by atoms with E-state index in [-0.39, 0.29) is 18.7 Å². The van der Waals surface area contributed by atoms with Crippen LogP contribution >= 0.6 is 15.9 Å². The number of carboxylic acids is 1. The molecule has 0 aliphatic carbocycles. The van der Waals surface area contributed by atoms with Crippen LogP contribution in [0.5, 0.6) is 0 Å². The van der Waals surface area contributed by atoms with Crippen molar-refractivity contribution < 1.29 is 19.9 Å². The van der Waals surface area contributed by atoms with Crippen molar-refractivity contribution in [3.8, 4) is 0 Å². The number of carboxylic acid groups (broad SMARTS) is 1. The fraction of sp³-hybridized carbons (Fsp3) is 0.250. The van der Waals surface area contributed by atoms with Gasteiger partial charge in [0.2, 0.25) is 5.91 Å². The van der Waals surface area contributed by atoms with Gasteiger partial charge in [0.05, 0.1) is 12.1 Å². The highest BCUT2D eigenvalue weighted by Gasteiger charge is 2.08. The van der Waals surface area contributed by atoms with E-state index < -0.39 is 5.97 Å². The summed E-state index contributed by atoms with van der Waals surface area (Å²) in [5.41, 5.74) is 2.74. The second-order valence-electron chi connectivity index (χ2n) is 6.05. The molecule has 2 rings (SSSR count). The quantitative estimate of drug-likeness (QED) is 0.309. The molecule has 0 spiro atoms. The summed E-state index contributed by atoms with van der Waals surface area (Å²) >= 11 is 3.40. The first-order valence-electron chi connectivity index (χ1n) is 8.55. The third-order valence-electron chi connectivity index (χ3n) is 3.98. The molecule has 0 aliphatic heterocycles. The van der Waals surface area contributed by atoms with E-state index in [1.807, 2.05) is 24.3 Å². The first-order valence-corrected chi connectivity index (χ1v) is 9.34. The van der Waals surface area contributed by atoms with Crippen molar-refractivity contribution in [3.63, 3.8) is 0 Å². The number of aliphatic carboxylic acids is 1. The Balaban J connectivity index is 1.81. The van der Waals surface area contributed by atoms with E-state index in [4.69, 9.17) is 10.3 Å². The van der Waals surface area contributed by atoms with Gasteiger partial charge in [-0.25, -0.2) is 0 Å². The normalized spacial score (nSPS) is 11.2. The van der Waals surface area contributed by atoms with Crippen LogP contribution in [-0.4, -0.2) is 27.9 Å². The van der Waals surface area contributed by atoms with Crippen LogP contribution < -0.4 is 5.32 Å². The molecule has 0 radical (unpaired) electrons. The number of oxime groups is 1. The van der Waals surface area contributed by atoms with E-state index in [1.54, 1.807) is 24.3 Å². The number of hydrogen-bond donors (Lipinski definition) is 3. The Kier molecular flexibility index (Phi) is 8.00. The zero-order valence-corrected chi connectivity index (χ0v) is 16.3. The third-order valence-corrected chi connectivity index (χ3v) is 4.51. The Morgan fingerprint density at radius 1 is 0.963 bits per heavy atom. The maximum Gasteiger partial charge on any atom is 0.303 e. The largest absolute Gasteiger partial charge is 0.481 e. The number of benzene rings is 2. The Morgan fingerprint density at radius 3 is 2.22 bits per heavy atom. The number of halogens is 1. The third kappa shape index (κ3) is 7.22. The second-order valence-corrected chi connectivity index (χ2v) is 6.96. The van der Waals surface area contributed by atoms with Crippen LogP contribution in [0.2, 0.25) is 0 Å². The Bertz CT molecular complexity index is 802. The van der Waals surface area contributed by atoms with Crippen molar-refractivity contribution in [1.82, 2.24) is 0 Å². The van der Waals surface area contributed by atoms with E-state index in [0.717, 1.165) is 17.3 Å². The number of nitrogens with one attached hydrogen (secondary N) is 1. The number of carbonyl (C=O) groups excluding carboxylic acids is 1. The predicted molar refractivity (Wildman–Crippen MR) is 107 cm³/mol. The monoisotopic (exact) mass is 432 g/mol. The first kappa shape index (κ1) is 20.6. The van der Waals surface area contributed by atoms with Crippen LogP contribution in [0.1, 0.15) is 36.8 Å². The molecular formula is C20H21BrN2O4. The molecular weight excluding hydrogens is 412 g/mol. The molecule has 0 atom stereocenters. The molecule has 2 aromatic rings. The lowest BCUT2D eigenvalue weighted by Gasteiger charge is -2.08. The van der Waals surface area contributed by atoms with E-state index in [1.165, 1.54) is 5.56 Å². The van der Waals surface area contributed by atoms with Gasteiger partial charge in [-0.05, 0) is 48.2 Å². The van der Waals surface area contributed by atoms with Crippen LogP contribution in [0.15, 0.2) is 58.2 Å². The highest BCUT2D eigenvalue weighted by molar-refractivity contribution is 9.10. The number of rotatable bonds is 9. The standard InChI is InChI=1S/C20H21BrN2O4/c21-16-8-4-14(5-9-16)2-1-3-19(24)22-17-10-6-15(7-11-17)18(23-27)12-13-20(25)26/h4-11,27H,1-3,12-13H2,(H,22,24)(H,25,26)/b23-18-. The van der Waals surface area contributed by atoms with E-state index >= 15 is 0 Å². The number of aryl methyl sites for hydroxylation is 1. The molecule has 3 N–H and O–H groups in total. The Labute approximate surface area is 166 Å². The minimum Gasteiger partial charge on any atom is -0.481 e. The van der Waals surface area contributed by atoms with Gasteiger partial charge in [0.1, 0.15) is 0 Å². The number of nitrogens with zero attached hydrogens (tertiary/aromatic N) is 1. The molecule has 142 valence electrons. The minimum atomic E-state index is -0.955. The summed E-state index contributed by atoms with van der Waals surface area (Å²) < 4.78 is 1.03. The van der Waals surface area contributed by atoms with Crippen LogP contribution in [0, 0.1) is 0 Å². The SMILES string of the molecule is O=C(O)CC/C(=N/O)c1ccc(NC(=O)CCCc2ccc(Br)cc2)cc1. The van der Waals surface area contributed by atoms with Crippen LogP contribution in [0.25, 0.3) is 0 Å². The topological polar surface area (TPSA) is 99.0 Å². The zero-order chi connectivity index (χ0) is 19.6. The Hall–Kier alpha value is -2.67. The summed E-state index contributed by atoms with van der Waals surface area (Å²) in [4.78, 5) is 22.7. The van der Waals surface area contributed by atoms with Gasteiger partial charge in [0.25, 0.3) is 0 Å². The van der Waals surface area contributed by atoms with E-state index in [0.29, 0.717) is 23.4 Å². The van der Waals surface area contributed by atoms with Gasteiger partial charge in [-0.15, -0.1) is 0 Å². The average Bonchev–Trinajstić information content (AvgIpc) is 2.65. The Morgan fingerprint density at radius 2 is 1.63 bits per heavy atom. The second kappa shape index (κ2) is 10.5. The van der Waals surface area contributed by atoms with Crippen molar-refractivity contribution in [1.29, 1.82) is 0 Å². The molecule has 0 heterocycles. The number of hydrogen-bond acceptors (Lipinski definition) is 4. The van der Waals surface area contributed by atoms with Gasteiger partial charge in [-0.3, -0.25) is 9.59 Å². The summed E-state index contributed by atoms with van der Waals surface area (Å²) in [6, 6.07) is 14.8. The van der Waals surface area contributed by atoms with Crippen LogP contribution in [0.4, 0.5) is 5.69 Å². The van der Waals surface area contributed by atoms with Crippen molar-refractivity contribution in [2.24, 2.45) is 5.16 Å². The van der Waals surface area contributed by atoms with Crippen LogP contribution in [0.3, 0.4) is 0 Å². The molecule has 7 heteroatoms. The highest BCUT2D eigenvalue weighted by atomic mass is 79.9. The maximum absolute atomic E-state index is 12.1. The number of amides is 1. The van der Waals surface area contributed by atoms with Gasteiger partial charge in [-0.2, -0.15) is 0 Å². The predicted octanol–water partition coefficient (Wildman–Crippen LogP) is 4.45. The molecule has 0 unspecified atom stereocenters. The van der Waals surface area contributed by atoms with Gasteiger partial charge in [0, 0.05) is 23.0 Å². The first-order chi connectivity index (χ1) is 13.0. The molecule has 0 bridgehead atoms. The minimum absolute atomic E-state index is 0.0678. The smallest absolute Gasteiger partial charge is 0.303 e. The van der Waals surface area contributed by atoms with Crippen molar-refractivity contribution in [2.45, 2.75) is 32.1 Å². The summed E-state index contributed by atoms with van der Waals surface area (Å²) in [6.45, 7) is 0. The summed E-state index contributed by atoms with van der Waals surface area (Å²) in [7, 11) is 0. The molecule has 0 aliphatic rings. The fourth-order valence-corrected chi connectivity index (χ4v) is 2.82. The lowest BCUT2D eigenvalue weighted by molar-refractivity contribution is -0.136. The van der Waals surface area contributed by atoms with Crippen molar-refractivity contribution in [3.05, 3.63) is 64.1 Å². The van der Waals surface area contributed by atoms with E-state index in [9.17, 15) is 9.59 Å². The summed E-state index contributed by atoms with van der Waals surface area (Å²) in [5.74, 6) is -1.02. The summed E-state index contributed by atoms with van der Waals surface area (Å²) in [6.07, 6.45) is 2.02. The molecule has 1 amide bonds. The molecule has 0 aromatic heterocycles. The van der Waals surface area contributed by atoms with Gasteiger partial charge in [-0.1, -0.05) is 45.4 Å². The molecule has 0 saturated heterocycles. The van der Waals surface area contributed by atoms with Crippen molar-refractivity contribution in [2.75, 3.05) is 5.32 Å². The molecule has 0 saturated carbocycles. The van der Waals surface area contributed by atoms with Gasteiger partial charge < -0.3 is 15.6 Å². The highest BCUT2D eigenvalue weighted by Crippen LogP contribution is 2.15. The number of anilines is 1. The van der Waals surface area contributed by atoms with Crippen LogP contribution in [-0.2, 0) is 16.0 Å². The summed E-state index contributed by atoms with van der Waals surface area (Å²) in [5, 5.41) is 23.7. The maximum atomic E-state index is 12.1. The van der Waals surface area contributed by atoms with E-state index in [2.05, 4.69) is 26.4 Å². The molecule has 0 fully saturated rings. The lowest BCUT2D eigenvalue weighted by atomic mass is 10.1. The zero-order valence-electron chi connectivity index (χ0n) is 14.7. The van der Waals surface area contributed by atoms with Crippen molar-refractivity contribution >= 4 is 39.2 Å². The van der Waals surface area contributed by atoms with Gasteiger partial charge in [0.15, 0.2) is 0 Å². The fourth-order valence-electron chi connectivity index (χ4n) is 2.55. The molecule has 27 heavy (non-hydrogen) atoms. The number of carbonyl (C=O) groups is 2.